The van der Waals surface area contributed by atoms with Gasteiger partial charge in [0.1, 0.15) is 5.25 Å². The Labute approximate surface area is 213 Å². The van der Waals surface area contributed by atoms with Gasteiger partial charge in [0.25, 0.3) is 0 Å². The quantitative estimate of drug-likeness (QED) is 0.209. The second-order valence-electron chi connectivity index (χ2n) is 6.11. The second kappa shape index (κ2) is 11.7. The highest BCUT2D eigenvalue weighted by molar-refractivity contribution is 8.00. The van der Waals surface area contributed by atoms with Crippen LogP contribution < -0.4 is 0 Å². The standard InChI is InChI=1S/C18H17Cl6N3O3S/c1-2-30-9-3-4-12(14(28)29)31-11-7-5-10(6-8-11)13-25-15(17(19,20)21)27-16(26-13)18(22,23)24/h5-8,12H,2-4,9H2,1H3,(H,28,29). The molecule has 6 nitrogen and oxygen atoms in total. The summed E-state index contributed by atoms with van der Waals surface area (Å²) in [4.78, 5) is 24.5. The van der Waals surface area contributed by atoms with E-state index in [1.165, 1.54) is 11.8 Å². The Balaban J connectivity index is 2.25. The average Bonchev–Trinajstić information content (AvgIpc) is 2.69. The number of carbonyl (C=O) groups is 1. The first-order valence-electron chi connectivity index (χ1n) is 8.90. The number of rotatable bonds is 9. The summed E-state index contributed by atoms with van der Waals surface area (Å²) in [5.41, 5.74) is 0.543. The number of hydrogen-bond acceptors (Lipinski definition) is 6. The Bertz CT molecular complexity index is 858. The molecular formula is C18H17Cl6N3O3S. The van der Waals surface area contributed by atoms with Gasteiger partial charge in [-0.2, -0.15) is 0 Å². The average molecular weight is 568 g/mol. The van der Waals surface area contributed by atoms with Gasteiger partial charge in [-0.25, -0.2) is 15.0 Å². The maximum atomic E-state index is 11.6. The van der Waals surface area contributed by atoms with Crippen LogP contribution in [0.5, 0.6) is 0 Å². The molecule has 0 radical (unpaired) electrons. The van der Waals surface area contributed by atoms with Crippen molar-refractivity contribution in [2.75, 3.05) is 13.2 Å². The van der Waals surface area contributed by atoms with Gasteiger partial charge in [-0.3, -0.25) is 4.79 Å². The number of benzene rings is 1. The Kier molecular flexibility index (Phi) is 10.2. The van der Waals surface area contributed by atoms with Crippen LogP contribution in [0.1, 0.15) is 31.4 Å². The van der Waals surface area contributed by atoms with E-state index in [0.717, 1.165) is 4.90 Å². The van der Waals surface area contributed by atoms with Crippen molar-refractivity contribution in [2.24, 2.45) is 0 Å². The van der Waals surface area contributed by atoms with Crippen molar-refractivity contribution >= 4 is 87.3 Å². The molecule has 0 aliphatic rings. The second-order valence-corrected chi connectivity index (χ2v) is 11.9. The minimum atomic E-state index is -1.95. The molecule has 1 aromatic carbocycles. The number of thioether (sulfide) groups is 1. The number of aromatic nitrogens is 3. The van der Waals surface area contributed by atoms with Crippen molar-refractivity contribution in [3.8, 4) is 11.4 Å². The van der Waals surface area contributed by atoms with Gasteiger partial charge in [0.2, 0.25) is 7.59 Å². The third-order valence-electron chi connectivity index (χ3n) is 3.77. The molecule has 0 aliphatic heterocycles. The molecule has 0 fully saturated rings. The molecule has 0 aliphatic carbocycles. The first-order valence-corrected chi connectivity index (χ1v) is 12.0. The van der Waals surface area contributed by atoms with Crippen LogP contribution in [0.25, 0.3) is 11.4 Å². The number of hydrogen-bond donors (Lipinski definition) is 1. The van der Waals surface area contributed by atoms with Gasteiger partial charge < -0.3 is 9.84 Å². The lowest BCUT2D eigenvalue weighted by molar-refractivity contribution is -0.136. The molecule has 0 spiro atoms. The summed E-state index contributed by atoms with van der Waals surface area (Å²) in [6.45, 7) is 3.02. The van der Waals surface area contributed by atoms with Crippen molar-refractivity contribution in [3.63, 3.8) is 0 Å². The topological polar surface area (TPSA) is 85.2 Å². The third kappa shape index (κ3) is 8.55. The highest BCUT2D eigenvalue weighted by Gasteiger charge is 2.34. The first-order chi connectivity index (χ1) is 14.4. The number of carboxylic acids is 1. The molecule has 1 heterocycles. The Hall–Kier alpha value is -0.250. The van der Waals surface area contributed by atoms with Gasteiger partial charge in [0.15, 0.2) is 17.5 Å². The van der Waals surface area contributed by atoms with E-state index in [1.807, 2.05) is 6.92 Å². The van der Waals surface area contributed by atoms with E-state index >= 15 is 0 Å². The van der Waals surface area contributed by atoms with Crippen LogP contribution in [-0.4, -0.2) is 44.5 Å². The Morgan fingerprint density at radius 3 is 2.03 bits per heavy atom. The number of aliphatic carboxylic acids is 1. The van der Waals surface area contributed by atoms with Crippen LogP contribution in [0, 0.1) is 0 Å². The lowest BCUT2D eigenvalue weighted by Gasteiger charge is -2.16. The highest BCUT2D eigenvalue weighted by Crippen LogP contribution is 2.41. The maximum absolute atomic E-state index is 11.6. The fraction of sp³-hybridized carbons (Fsp3) is 0.444. The Morgan fingerprint density at radius 1 is 1.03 bits per heavy atom. The normalized spacial score (nSPS) is 13.3. The monoisotopic (exact) mass is 565 g/mol. The minimum absolute atomic E-state index is 0.140. The summed E-state index contributed by atoms with van der Waals surface area (Å²) >= 11 is 36.6. The van der Waals surface area contributed by atoms with Crippen LogP contribution in [0.4, 0.5) is 0 Å². The van der Waals surface area contributed by atoms with E-state index in [4.69, 9.17) is 74.3 Å². The van der Waals surface area contributed by atoms with Crippen LogP contribution in [0.15, 0.2) is 29.2 Å². The van der Waals surface area contributed by atoms with E-state index in [0.29, 0.717) is 31.6 Å². The summed E-state index contributed by atoms with van der Waals surface area (Å²) in [7, 11) is 0. The summed E-state index contributed by atoms with van der Waals surface area (Å²) in [6, 6.07) is 6.88. The summed E-state index contributed by atoms with van der Waals surface area (Å²) in [5, 5.41) is 8.87. The zero-order chi connectivity index (χ0) is 23.2. The van der Waals surface area contributed by atoms with Gasteiger partial charge in [0, 0.05) is 23.7 Å². The number of alkyl halides is 6. The molecule has 2 rings (SSSR count). The lowest BCUT2D eigenvalue weighted by atomic mass is 10.2. The third-order valence-corrected chi connectivity index (χ3v) is 6.05. The van der Waals surface area contributed by atoms with Gasteiger partial charge in [0.05, 0.1) is 0 Å². The summed E-state index contributed by atoms with van der Waals surface area (Å²) in [6.07, 6.45) is 1.13. The summed E-state index contributed by atoms with van der Waals surface area (Å²) in [5.74, 6) is -1.13. The molecule has 31 heavy (non-hydrogen) atoms. The molecule has 0 saturated carbocycles. The number of halogens is 6. The predicted octanol–water partition coefficient (Wildman–Crippen LogP) is 6.55. The zero-order valence-electron chi connectivity index (χ0n) is 16.0. The van der Waals surface area contributed by atoms with E-state index in [1.54, 1.807) is 24.3 Å². The fourth-order valence-electron chi connectivity index (χ4n) is 2.35. The summed E-state index contributed by atoms with van der Waals surface area (Å²) < 4.78 is 1.37. The van der Waals surface area contributed by atoms with Gasteiger partial charge in [-0.1, -0.05) is 81.7 Å². The van der Waals surface area contributed by atoms with Gasteiger partial charge in [-0.05, 0) is 31.9 Å². The van der Waals surface area contributed by atoms with Crippen molar-refractivity contribution < 1.29 is 14.6 Å². The smallest absolute Gasteiger partial charge is 0.316 e. The van der Waals surface area contributed by atoms with Crippen molar-refractivity contribution in [2.45, 2.75) is 37.5 Å². The van der Waals surface area contributed by atoms with Crippen molar-refractivity contribution in [3.05, 3.63) is 35.9 Å². The highest BCUT2D eigenvalue weighted by atomic mass is 35.6. The molecule has 1 aromatic heterocycles. The molecular weight excluding hydrogens is 551 g/mol. The van der Waals surface area contributed by atoms with Crippen LogP contribution in [-0.2, 0) is 17.1 Å². The van der Waals surface area contributed by atoms with E-state index < -0.39 is 18.8 Å². The van der Waals surface area contributed by atoms with Crippen molar-refractivity contribution in [1.82, 2.24) is 15.0 Å². The fourth-order valence-corrected chi connectivity index (χ4v) is 3.87. The molecule has 13 heteroatoms. The number of carboxylic acid groups (broad SMARTS) is 1. The van der Waals surface area contributed by atoms with E-state index in [2.05, 4.69) is 15.0 Å². The molecule has 1 unspecified atom stereocenters. The van der Waals surface area contributed by atoms with Crippen molar-refractivity contribution in [1.29, 1.82) is 0 Å². The number of ether oxygens (including phenoxy) is 1. The largest absolute Gasteiger partial charge is 0.480 e. The SMILES string of the molecule is CCOCCCC(Sc1ccc(-c2nc(C(Cl)(Cl)Cl)nc(C(Cl)(Cl)Cl)n2)cc1)C(=O)O. The molecule has 0 saturated heterocycles. The van der Waals surface area contributed by atoms with Crippen LogP contribution in [0.3, 0.4) is 0 Å². The maximum Gasteiger partial charge on any atom is 0.316 e. The van der Waals surface area contributed by atoms with Gasteiger partial charge in [-0.15, -0.1) is 11.8 Å². The van der Waals surface area contributed by atoms with Gasteiger partial charge >= 0.3 is 5.97 Å². The van der Waals surface area contributed by atoms with Crippen LogP contribution in [0.2, 0.25) is 0 Å². The van der Waals surface area contributed by atoms with E-state index in [-0.39, 0.29) is 17.5 Å². The molecule has 1 atom stereocenters. The lowest BCUT2D eigenvalue weighted by Crippen LogP contribution is -2.17. The predicted molar refractivity (Wildman–Crippen MR) is 127 cm³/mol. The molecule has 0 bridgehead atoms. The van der Waals surface area contributed by atoms with Crippen LogP contribution >= 0.6 is 81.4 Å². The molecule has 170 valence electrons. The Morgan fingerprint density at radius 2 is 1.58 bits per heavy atom. The first kappa shape index (κ1) is 27.0. The molecule has 0 amide bonds. The number of nitrogens with zero attached hydrogens (tertiary/aromatic N) is 3. The minimum Gasteiger partial charge on any atom is -0.480 e. The molecule has 2 aromatic rings. The van der Waals surface area contributed by atoms with E-state index in [9.17, 15) is 9.90 Å². The molecule has 1 N–H and O–H groups in total. The zero-order valence-corrected chi connectivity index (χ0v) is 21.3.